The maximum Gasteiger partial charge on any atom is 0.295 e. The Kier molecular flexibility index (Phi) is 4.62. The molecule has 0 aliphatic carbocycles. The molecule has 0 saturated heterocycles. The van der Waals surface area contributed by atoms with Gasteiger partial charge < -0.3 is 5.32 Å². The summed E-state index contributed by atoms with van der Waals surface area (Å²) in [5.74, 6) is 0.289. The topological polar surface area (TPSA) is 90.5 Å². The molecule has 30 heavy (non-hydrogen) atoms. The lowest BCUT2D eigenvalue weighted by Crippen LogP contribution is -2.16. The number of nitrogens with one attached hydrogen (secondary N) is 1. The number of para-hydroxylation sites is 3. The van der Waals surface area contributed by atoms with Crippen LogP contribution >= 0.6 is 11.3 Å². The van der Waals surface area contributed by atoms with Gasteiger partial charge in [-0.15, -0.1) is 16.4 Å². The Labute approximate surface area is 175 Å². The van der Waals surface area contributed by atoms with Gasteiger partial charge in [0.25, 0.3) is 5.91 Å². The zero-order chi connectivity index (χ0) is 20.3. The molecule has 2 aromatic carbocycles. The van der Waals surface area contributed by atoms with Crippen LogP contribution < -0.4 is 5.32 Å². The zero-order valence-corrected chi connectivity index (χ0v) is 16.4. The number of carbonyl (C=O) groups excluding carboxylic acids is 1. The van der Waals surface area contributed by atoms with Gasteiger partial charge >= 0.3 is 0 Å². The van der Waals surface area contributed by atoms with Gasteiger partial charge in [0.05, 0.1) is 21.9 Å². The Morgan fingerprint density at radius 2 is 1.80 bits per heavy atom. The maximum atomic E-state index is 13.0. The average molecular weight is 413 g/mol. The SMILES string of the molecule is O=C(Nc1ccccc1-n1cncn1)c1nc(-c2cccs2)n(-c2ccccc2)n1. The number of rotatable bonds is 5. The fourth-order valence-electron chi connectivity index (χ4n) is 3.01. The van der Waals surface area contributed by atoms with Crippen molar-refractivity contribution in [2.45, 2.75) is 0 Å². The zero-order valence-electron chi connectivity index (χ0n) is 15.6. The normalized spacial score (nSPS) is 10.8. The molecular weight excluding hydrogens is 398 g/mol. The molecule has 5 rings (SSSR count). The molecule has 0 saturated carbocycles. The second-order valence-corrected chi connectivity index (χ2v) is 7.24. The number of thiophene rings is 1. The lowest BCUT2D eigenvalue weighted by molar-refractivity contribution is 0.101. The van der Waals surface area contributed by atoms with Gasteiger partial charge in [0.2, 0.25) is 5.82 Å². The Morgan fingerprint density at radius 3 is 2.57 bits per heavy atom. The summed E-state index contributed by atoms with van der Waals surface area (Å²) >= 11 is 1.54. The fourth-order valence-corrected chi connectivity index (χ4v) is 3.71. The minimum absolute atomic E-state index is 0.0793. The number of carbonyl (C=O) groups is 1. The van der Waals surface area contributed by atoms with Crippen LogP contribution in [0.2, 0.25) is 0 Å². The smallest absolute Gasteiger partial charge is 0.295 e. The van der Waals surface area contributed by atoms with E-state index in [0.717, 1.165) is 10.6 Å². The largest absolute Gasteiger partial charge is 0.317 e. The Hall–Kier alpha value is -4.11. The summed E-state index contributed by atoms with van der Waals surface area (Å²) in [7, 11) is 0. The number of benzene rings is 2. The number of anilines is 1. The first-order valence-corrected chi connectivity index (χ1v) is 9.99. The van der Waals surface area contributed by atoms with Crippen molar-refractivity contribution >= 4 is 22.9 Å². The number of amides is 1. The number of hydrogen-bond acceptors (Lipinski definition) is 6. The minimum atomic E-state index is -0.407. The summed E-state index contributed by atoms with van der Waals surface area (Å²) in [6, 6.07) is 20.9. The third-order valence-electron chi connectivity index (χ3n) is 4.37. The number of nitrogens with zero attached hydrogens (tertiary/aromatic N) is 6. The van der Waals surface area contributed by atoms with Gasteiger partial charge in [-0.25, -0.2) is 19.3 Å². The van der Waals surface area contributed by atoms with E-state index in [9.17, 15) is 4.79 Å². The third-order valence-corrected chi connectivity index (χ3v) is 5.24. The predicted octanol–water partition coefficient (Wildman–Crippen LogP) is 3.83. The van der Waals surface area contributed by atoms with E-state index in [1.807, 2.05) is 66.0 Å². The number of hydrogen-bond donors (Lipinski definition) is 1. The van der Waals surface area contributed by atoms with E-state index >= 15 is 0 Å². The molecule has 0 unspecified atom stereocenters. The predicted molar refractivity (Wildman–Crippen MR) is 114 cm³/mol. The third kappa shape index (κ3) is 3.38. The second-order valence-electron chi connectivity index (χ2n) is 6.29. The molecule has 1 amide bonds. The molecule has 3 aromatic heterocycles. The van der Waals surface area contributed by atoms with Crippen molar-refractivity contribution in [3.05, 3.63) is 90.6 Å². The molecule has 5 aromatic rings. The van der Waals surface area contributed by atoms with E-state index in [0.29, 0.717) is 17.2 Å². The van der Waals surface area contributed by atoms with Crippen LogP contribution in [-0.2, 0) is 0 Å². The molecule has 0 spiro atoms. The van der Waals surface area contributed by atoms with Gasteiger partial charge in [-0.1, -0.05) is 36.4 Å². The van der Waals surface area contributed by atoms with Crippen molar-refractivity contribution in [2.24, 2.45) is 0 Å². The Bertz CT molecular complexity index is 1280. The molecule has 0 aliphatic rings. The molecule has 3 heterocycles. The molecule has 0 bridgehead atoms. The summed E-state index contributed by atoms with van der Waals surface area (Å²) < 4.78 is 3.27. The van der Waals surface area contributed by atoms with Crippen LogP contribution in [-0.4, -0.2) is 35.4 Å². The monoisotopic (exact) mass is 413 g/mol. The van der Waals surface area contributed by atoms with E-state index in [1.165, 1.54) is 6.33 Å². The van der Waals surface area contributed by atoms with E-state index < -0.39 is 5.91 Å². The van der Waals surface area contributed by atoms with Crippen LogP contribution in [0.25, 0.3) is 22.1 Å². The Morgan fingerprint density at radius 1 is 0.967 bits per heavy atom. The highest BCUT2D eigenvalue weighted by Crippen LogP contribution is 2.26. The molecule has 0 aliphatic heterocycles. The van der Waals surface area contributed by atoms with E-state index in [4.69, 9.17) is 0 Å². The van der Waals surface area contributed by atoms with Crippen molar-refractivity contribution in [3.8, 4) is 22.1 Å². The molecule has 1 N–H and O–H groups in total. The fraction of sp³-hybridized carbons (Fsp3) is 0. The Balaban J connectivity index is 1.52. The summed E-state index contributed by atoms with van der Waals surface area (Å²) in [6.45, 7) is 0. The molecular formula is C21H15N7OS. The van der Waals surface area contributed by atoms with E-state index in [1.54, 1.807) is 33.1 Å². The van der Waals surface area contributed by atoms with Crippen LogP contribution in [0.15, 0.2) is 84.8 Å². The number of aromatic nitrogens is 6. The quantitative estimate of drug-likeness (QED) is 0.473. The molecule has 146 valence electrons. The van der Waals surface area contributed by atoms with Gasteiger partial charge in [-0.05, 0) is 35.7 Å². The van der Waals surface area contributed by atoms with Gasteiger partial charge in [0.1, 0.15) is 12.7 Å². The molecule has 0 atom stereocenters. The highest BCUT2D eigenvalue weighted by molar-refractivity contribution is 7.13. The van der Waals surface area contributed by atoms with Gasteiger partial charge in [-0.2, -0.15) is 5.10 Å². The first kappa shape index (κ1) is 18.0. The van der Waals surface area contributed by atoms with Gasteiger partial charge in [-0.3, -0.25) is 4.79 Å². The molecule has 9 heteroatoms. The van der Waals surface area contributed by atoms with Crippen LogP contribution in [0.1, 0.15) is 10.6 Å². The van der Waals surface area contributed by atoms with E-state index in [2.05, 4.69) is 25.5 Å². The van der Waals surface area contributed by atoms with Gasteiger partial charge in [0.15, 0.2) is 5.82 Å². The van der Waals surface area contributed by atoms with E-state index in [-0.39, 0.29) is 5.82 Å². The lowest BCUT2D eigenvalue weighted by atomic mass is 10.2. The summed E-state index contributed by atoms with van der Waals surface area (Å²) in [4.78, 5) is 22.4. The molecule has 8 nitrogen and oxygen atoms in total. The molecule has 0 radical (unpaired) electrons. The lowest BCUT2D eigenvalue weighted by Gasteiger charge is -2.09. The van der Waals surface area contributed by atoms with Crippen molar-refractivity contribution in [1.82, 2.24) is 29.5 Å². The minimum Gasteiger partial charge on any atom is -0.317 e. The van der Waals surface area contributed by atoms with Crippen LogP contribution in [0.4, 0.5) is 5.69 Å². The van der Waals surface area contributed by atoms with Crippen LogP contribution in [0, 0.1) is 0 Å². The maximum absolute atomic E-state index is 13.0. The van der Waals surface area contributed by atoms with Crippen LogP contribution in [0.5, 0.6) is 0 Å². The van der Waals surface area contributed by atoms with Crippen molar-refractivity contribution in [2.75, 3.05) is 5.32 Å². The first-order valence-electron chi connectivity index (χ1n) is 9.11. The molecule has 0 fully saturated rings. The average Bonchev–Trinajstić information content (AvgIpc) is 3.56. The first-order chi connectivity index (χ1) is 14.8. The highest BCUT2D eigenvalue weighted by Gasteiger charge is 2.20. The van der Waals surface area contributed by atoms with Crippen LogP contribution in [0.3, 0.4) is 0 Å². The van der Waals surface area contributed by atoms with Crippen molar-refractivity contribution < 1.29 is 4.79 Å². The second kappa shape index (κ2) is 7.72. The van der Waals surface area contributed by atoms with Crippen molar-refractivity contribution in [3.63, 3.8) is 0 Å². The standard InChI is InChI=1S/C21H15N7OS/c29-21(24-16-9-4-5-10-17(16)27-14-22-13-23-27)19-25-20(18-11-6-12-30-18)28(26-19)15-7-2-1-3-8-15/h1-14H,(H,24,29). The summed E-state index contributed by atoms with van der Waals surface area (Å²) in [6.07, 6.45) is 3.01. The summed E-state index contributed by atoms with van der Waals surface area (Å²) in [5.41, 5.74) is 2.11. The van der Waals surface area contributed by atoms with Gasteiger partial charge in [0, 0.05) is 0 Å². The highest BCUT2D eigenvalue weighted by atomic mass is 32.1. The van der Waals surface area contributed by atoms with Crippen molar-refractivity contribution in [1.29, 1.82) is 0 Å². The summed E-state index contributed by atoms with van der Waals surface area (Å²) in [5, 5.41) is 13.5.